The number of pyridine rings is 1. The average Bonchev–Trinajstić information content (AvgIpc) is 2.42. The largest absolute Gasteiger partial charge is 0.495 e. The lowest BCUT2D eigenvalue weighted by molar-refractivity contribution is 0.377. The zero-order valence-electron chi connectivity index (χ0n) is 11.5. The van der Waals surface area contributed by atoms with Gasteiger partial charge in [0.05, 0.1) is 19.4 Å². The number of nitriles is 1. The molecule has 2 unspecified atom stereocenters. The first kappa shape index (κ1) is 14.5. The van der Waals surface area contributed by atoms with Gasteiger partial charge in [0, 0.05) is 18.5 Å². The van der Waals surface area contributed by atoms with Crippen molar-refractivity contribution in [2.75, 3.05) is 7.11 Å². The molecule has 98 valence electrons. The fraction of sp³-hybridized carbons (Fsp3) is 0.600. The number of aromatic nitrogens is 1. The Balaban J connectivity index is 2.98. The Kier molecular flexibility index (Phi) is 6.21. The highest BCUT2D eigenvalue weighted by Gasteiger charge is 2.21. The summed E-state index contributed by atoms with van der Waals surface area (Å²) in [4.78, 5) is 4.20. The number of methoxy groups -OCH3 is 1. The van der Waals surface area contributed by atoms with E-state index in [0.29, 0.717) is 12.3 Å². The third-order valence-electron chi connectivity index (χ3n) is 3.46. The quantitative estimate of drug-likeness (QED) is 0.732. The first-order chi connectivity index (χ1) is 8.76. The minimum Gasteiger partial charge on any atom is -0.495 e. The molecule has 0 bridgehead atoms. The Morgan fingerprint density at radius 3 is 2.72 bits per heavy atom. The zero-order valence-corrected chi connectivity index (χ0v) is 11.5. The standard InChI is InChI=1S/C15H22N2O/c1-4-6-12(5-2)15(7-8-16)13-9-14(18-3)11-17-10-13/h9-12,15H,4-7H2,1-3H3. The van der Waals surface area contributed by atoms with Crippen molar-refractivity contribution < 1.29 is 4.74 Å². The molecule has 0 radical (unpaired) electrons. The zero-order chi connectivity index (χ0) is 13.4. The van der Waals surface area contributed by atoms with Crippen LogP contribution in [-0.2, 0) is 0 Å². The van der Waals surface area contributed by atoms with Gasteiger partial charge in [-0.1, -0.05) is 33.1 Å². The maximum absolute atomic E-state index is 9.04. The Hall–Kier alpha value is -1.56. The van der Waals surface area contributed by atoms with E-state index in [9.17, 15) is 0 Å². The number of rotatable bonds is 7. The second-order valence-electron chi connectivity index (χ2n) is 4.58. The van der Waals surface area contributed by atoms with E-state index in [4.69, 9.17) is 10.00 Å². The number of hydrogen-bond acceptors (Lipinski definition) is 3. The van der Waals surface area contributed by atoms with E-state index in [-0.39, 0.29) is 5.92 Å². The Labute approximate surface area is 110 Å². The molecule has 0 N–H and O–H groups in total. The molecular weight excluding hydrogens is 224 g/mol. The first-order valence-electron chi connectivity index (χ1n) is 6.62. The summed E-state index contributed by atoms with van der Waals surface area (Å²) in [6, 6.07) is 4.32. The van der Waals surface area contributed by atoms with E-state index < -0.39 is 0 Å². The molecule has 1 aromatic rings. The summed E-state index contributed by atoms with van der Waals surface area (Å²) in [5.41, 5.74) is 1.12. The molecule has 0 aliphatic heterocycles. The molecule has 0 amide bonds. The van der Waals surface area contributed by atoms with Crippen LogP contribution in [0, 0.1) is 17.2 Å². The minimum absolute atomic E-state index is 0.266. The van der Waals surface area contributed by atoms with Gasteiger partial charge < -0.3 is 4.74 Å². The van der Waals surface area contributed by atoms with Gasteiger partial charge in [0.1, 0.15) is 5.75 Å². The average molecular weight is 246 g/mol. The molecule has 0 aliphatic rings. The summed E-state index contributed by atoms with van der Waals surface area (Å²) in [5.74, 6) is 1.58. The molecule has 0 saturated carbocycles. The van der Waals surface area contributed by atoms with Gasteiger partial charge in [-0.15, -0.1) is 0 Å². The van der Waals surface area contributed by atoms with Crippen LogP contribution < -0.4 is 4.74 Å². The van der Waals surface area contributed by atoms with Crippen molar-refractivity contribution in [2.45, 2.75) is 45.4 Å². The highest BCUT2D eigenvalue weighted by Crippen LogP contribution is 2.34. The van der Waals surface area contributed by atoms with Crippen molar-refractivity contribution >= 4 is 0 Å². The number of ether oxygens (including phenoxy) is 1. The summed E-state index contributed by atoms with van der Waals surface area (Å²) in [6.45, 7) is 4.38. The molecule has 0 aromatic carbocycles. The Morgan fingerprint density at radius 2 is 2.17 bits per heavy atom. The molecule has 1 heterocycles. The molecule has 0 saturated heterocycles. The SMILES string of the molecule is CCCC(CC)C(CC#N)c1cncc(OC)c1. The van der Waals surface area contributed by atoms with Gasteiger partial charge in [-0.2, -0.15) is 5.26 Å². The number of hydrogen-bond donors (Lipinski definition) is 0. The highest BCUT2D eigenvalue weighted by molar-refractivity contribution is 5.27. The van der Waals surface area contributed by atoms with Crippen LogP contribution in [0.15, 0.2) is 18.5 Å². The molecule has 0 aliphatic carbocycles. The third-order valence-corrected chi connectivity index (χ3v) is 3.46. The van der Waals surface area contributed by atoms with Gasteiger partial charge in [0.25, 0.3) is 0 Å². The molecular formula is C15H22N2O. The monoisotopic (exact) mass is 246 g/mol. The molecule has 18 heavy (non-hydrogen) atoms. The van der Waals surface area contributed by atoms with Crippen molar-refractivity contribution in [1.29, 1.82) is 5.26 Å². The lowest BCUT2D eigenvalue weighted by Crippen LogP contribution is -2.12. The van der Waals surface area contributed by atoms with Crippen LogP contribution in [0.3, 0.4) is 0 Å². The van der Waals surface area contributed by atoms with E-state index in [1.165, 1.54) is 0 Å². The van der Waals surface area contributed by atoms with Crippen molar-refractivity contribution in [3.8, 4) is 11.8 Å². The van der Waals surface area contributed by atoms with E-state index in [1.54, 1.807) is 13.3 Å². The third kappa shape index (κ3) is 3.73. The van der Waals surface area contributed by atoms with Crippen LogP contribution >= 0.6 is 0 Å². The second-order valence-corrected chi connectivity index (χ2v) is 4.58. The van der Waals surface area contributed by atoms with Gasteiger partial charge in [0.15, 0.2) is 0 Å². The van der Waals surface area contributed by atoms with E-state index >= 15 is 0 Å². The molecule has 3 heteroatoms. The summed E-state index contributed by atoms with van der Waals surface area (Å²) in [6.07, 6.45) is 7.51. The van der Waals surface area contributed by atoms with Gasteiger partial charge >= 0.3 is 0 Å². The lowest BCUT2D eigenvalue weighted by Gasteiger charge is -2.24. The smallest absolute Gasteiger partial charge is 0.137 e. The van der Waals surface area contributed by atoms with Crippen LogP contribution in [-0.4, -0.2) is 12.1 Å². The predicted molar refractivity (Wildman–Crippen MR) is 72.4 cm³/mol. The molecule has 1 rings (SSSR count). The van der Waals surface area contributed by atoms with Crippen LogP contribution in [0.2, 0.25) is 0 Å². The van der Waals surface area contributed by atoms with Gasteiger partial charge in [0.2, 0.25) is 0 Å². The summed E-state index contributed by atoms with van der Waals surface area (Å²) >= 11 is 0. The van der Waals surface area contributed by atoms with E-state index in [0.717, 1.165) is 30.6 Å². The normalized spacial score (nSPS) is 13.7. The van der Waals surface area contributed by atoms with Crippen molar-refractivity contribution in [1.82, 2.24) is 4.98 Å². The second kappa shape index (κ2) is 7.71. The molecule has 2 atom stereocenters. The van der Waals surface area contributed by atoms with Crippen LogP contribution in [0.25, 0.3) is 0 Å². The lowest BCUT2D eigenvalue weighted by atomic mass is 9.80. The predicted octanol–water partition coefficient (Wildman–Crippen LogP) is 3.91. The maximum atomic E-state index is 9.04. The molecule has 0 spiro atoms. The first-order valence-corrected chi connectivity index (χ1v) is 6.62. The topological polar surface area (TPSA) is 45.9 Å². The minimum atomic E-state index is 0.266. The summed E-state index contributed by atoms with van der Waals surface area (Å²) in [7, 11) is 1.64. The molecule has 1 aromatic heterocycles. The number of nitrogens with zero attached hydrogens (tertiary/aromatic N) is 2. The molecule has 0 fully saturated rings. The van der Waals surface area contributed by atoms with Crippen molar-refractivity contribution in [2.24, 2.45) is 5.92 Å². The van der Waals surface area contributed by atoms with Gasteiger partial charge in [-0.25, -0.2) is 0 Å². The van der Waals surface area contributed by atoms with E-state index in [2.05, 4.69) is 24.9 Å². The summed E-state index contributed by atoms with van der Waals surface area (Å²) < 4.78 is 5.21. The molecule has 3 nitrogen and oxygen atoms in total. The van der Waals surface area contributed by atoms with Gasteiger partial charge in [-0.05, 0) is 17.5 Å². The van der Waals surface area contributed by atoms with Crippen molar-refractivity contribution in [3.63, 3.8) is 0 Å². The van der Waals surface area contributed by atoms with Crippen molar-refractivity contribution in [3.05, 3.63) is 24.0 Å². The highest BCUT2D eigenvalue weighted by atomic mass is 16.5. The summed E-state index contributed by atoms with van der Waals surface area (Å²) in [5, 5.41) is 9.04. The van der Waals surface area contributed by atoms with Gasteiger partial charge in [-0.3, -0.25) is 4.98 Å². The maximum Gasteiger partial charge on any atom is 0.137 e. The van der Waals surface area contributed by atoms with Crippen LogP contribution in [0.5, 0.6) is 5.75 Å². The fourth-order valence-electron chi connectivity index (χ4n) is 2.47. The Morgan fingerprint density at radius 1 is 1.39 bits per heavy atom. The van der Waals surface area contributed by atoms with E-state index in [1.807, 2.05) is 12.3 Å². The Bertz CT molecular complexity index is 398. The fourth-order valence-corrected chi connectivity index (χ4v) is 2.47. The van der Waals surface area contributed by atoms with Crippen LogP contribution in [0.1, 0.15) is 51.0 Å². The van der Waals surface area contributed by atoms with Crippen LogP contribution in [0.4, 0.5) is 0 Å².